The van der Waals surface area contributed by atoms with Crippen molar-refractivity contribution in [2.45, 2.75) is 6.54 Å². The highest BCUT2D eigenvalue weighted by Gasteiger charge is 1.99. The Kier molecular flexibility index (Phi) is 3.16. The molecule has 0 N–H and O–H groups in total. The van der Waals surface area contributed by atoms with Crippen LogP contribution in [0.15, 0.2) is 53.8 Å². The Hall–Kier alpha value is -2.32. The maximum Gasteiger partial charge on any atom is 0.0704 e. The summed E-state index contributed by atoms with van der Waals surface area (Å²) in [6, 6.07) is 13.7. The number of pyridine rings is 1. The van der Waals surface area contributed by atoms with Gasteiger partial charge >= 0.3 is 0 Å². The molecule has 0 aliphatic carbocycles. The lowest BCUT2D eigenvalue weighted by Gasteiger charge is -2.02. The van der Waals surface area contributed by atoms with Crippen LogP contribution in [0.3, 0.4) is 0 Å². The summed E-state index contributed by atoms with van der Waals surface area (Å²) in [5.41, 5.74) is 11.2. The number of nitrogens with zero attached hydrogens (tertiary/aromatic N) is 4. The first-order valence-electron chi connectivity index (χ1n) is 4.91. The molecular weight excluding hydrogens is 200 g/mol. The van der Waals surface area contributed by atoms with Gasteiger partial charge in [0.25, 0.3) is 0 Å². The standard InChI is InChI=1S/C12H10N4/c13-16-15-9-10-6-7-14-12(8-10)11-4-2-1-3-5-11/h1-8H,9H2. The molecule has 1 heterocycles. The average Bonchev–Trinajstić information content (AvgIpc) is 2.38. The van der Waals surface area contributed by atoms with E-state index in [1.165, 1.54) is 0 Å². The van der Waals surface area contributed by atoms with Gasteiger partial charge in [-0.2, -0.15) is 0 Å². The van der Waals surface area contributed by atoms with Crippen LogP contribution in [0.25, 0.3) is 21.7 Å². The van der Waals surface area contributed by atoms with Crippen LogP contribution in [-0.2, 0) is 6.54 Å². The number of aromatic nitrogens is 1. The second kappa shape index (κ2) is 4.96. The Balaban J connectivity index is 2.32. The summed E-state index contributed by atoms with van der Waals surface area (Å²) < 4.78 is 0. The number of rotatable bonds is 3. The lowest BCUT2D eigenvalue weighted by atomic mass is 10.1. The molecule has 0 atom stereocenters. The van der Waals surface area contributed by atoms with E-state index in [0.717, 1.165) is 16.8 Å². The van der Waals surface area contributed by atoms with Gasteiger partial charge in [0, 0.05) is 16.7 Å². The van der Waals surface area contributed by atoms with Crippen LogP contribution in [0, 0.1) is 0 Å². The minimum absolute atomic E-state index is 0.360. The van der Waals surface area contributed by atoms with Crippen molar-refractivity contribution in [2.24, 2.45) is 5.11 Å². The van der Waals surface area contributed by atoms with Crippen molar-refractivity contribution in [3.8, 4) is 11.3 Å². The van der Waals surface area contributed by atoms with Crippen LogP contribution < -0.4 is 0 Å². The summed E-state index contributed by atoms with van der Waals surface area (Å²) in [6.45, 7) is 0.360. The summed E-state index contributed by atoms with van der Waals surface area (Å²) in [5.74, 6) is 0. The molecule has 0 spiro atoms. The van der Waals surface area contributed by atoms with Crippen molar-refractivity contribution in [3.05, 3.63) is 64.7 Å². The smallest absolute Gasteiger partial charge is 0.0704 e. The monoisotopic (exact) mass is 210 g/mol. The van der Waals surface area contributed by atoms with Crippen LogP contribution in [0.2, 0.25) is 0 Å². The fourth-order valence-electron chi connectivity index (χ4n) is 1.45. The van der Waals surface area contributed by atoms with Crippen molar-refractivity contribution < 1.29 is 0 Å². The number of azide groups is 1. The molecule has 1 aromatic carbocycles. The van der Waals surface area contributed by atoms with Gasteiger partial charge in [0.05, 0.1) is 12.2 Å². The summed E-state index contributed by atoms with van der Waals surface area (Å²) in [6.07, 6.45) is 1.73. The van der Waals surface area contributed by atoms with Crippen LogP contribution in [0.1, 0.15) is 5.56 Å². The van der Waals surface area contributed by atoms with Crippen molar-refractivity contribution >= 4 is 0 Å². The van der Waals surface area contributed by atoms with E-state index in [4.69, 9.17) is 5.53 Å². The number of benzene rings is 1. The molecule has 0 radical (unpaired) electrons. The van der Waals surface area contributed by atoms with Crippen LogP contribution in [-0.4, -0.2) is 4.98 Å². The summed E-state index contributed by atoms with van der Waals surface area (Å²) in [7, 11) is 0. The summed E-state index contributed by atoms with van der Waals surface area (Å²) in [4.78, 5) is 7.02. The quantitative estimate of drug-likeness (QED) is 0.434. The Labute approximate surface area is 93.2 Å². The molecule has 0 saturated heterocycles. The molecule has 4 nitrogen and oxygen atoms in total. The van der Waals surface area contributed by atoms with Crippen molar-refractivity contribution in [1.29, 1.82) is 0 Å². The molecule has 1 aromatic heterocycles. The Bertz CT molecular complexity index is 516. The lowest BCUT2D eigenvalue weighted by molar-refractivity contribution is 1.04. The molecule has 0 amide bonds. The maximum atomic E-state index is 8.26. The van der Waals surface area contributed by atoms with Gasteiger partial charge in [0.1, 0.15) is 0 Å². The molecule has 0 aliphatic heterocycles. The predicted octanol–water partition coefficient (Wildman–Crippen LogP) is 3.56. The van der Waals surface area contributed by atoms with Crippen molar-refractivity contribution in [2.75, 3.05) is 0 Å². The first kappa shape index (κ1) is 10.2. The largest absolute Gasteiger partial charge is 0.256 e. The van der Waals surface area contributed by atoms with Gasteiger partial charge in [0.15, 0.2) is 0 Å². The molecule has 4 heteroatoms. The zero-order chi connectivity index (χ0) is 11.2. The van der Waals surface area contributed by atoms with Gasteiger partial charge in [0.2, 0.25) is 0 Å². The molecule has 0 saturated carbocycles. The SMILES string of the molecule is [N-]=[N+]=NCc1ccnc(-c2ccccc2)c1. The van der Waals surface area contributed by atoms with Gasteiger partial charge < -0.3 is 0 Å². The van der Waals surface area contributed by atoms with E-state index in [1.807, 2.05) is 42.5 Å². The van der Waals surface area contributed by atoms with Gasteiger partial charge in [-0.15, -0.1) is 0 Å². The minimum Gasteiger partial charge on any atom is -0.256 e. The fourth-order valence-corrected chi connectivity index (χ4v) is 1.45. The van der Waals surface area contributed by atoms with Crippen molar-refractivity contribution in [3.63, 3.8) is 0 Å². The third-order valence-corrected chi connectivity index (χ3v) is 2.21. The highest BCUT2D eigenvalue weighted by atomic mass is 15.1. The van der Waals surface area contributed by atoms with E-state index in [2.05, 4.69) is 15.0 Å². The molecule has 0 bridgehead atoms. The first-order chi connectivity index (χ1) is 7.90. The predicted molar refractivity (Wildman–Crippen MR) is 62.5 cm³/mol. The third-order valence-electron chi connectivity index (χ3n) is 2.21. The first-order valence-corrected chi connectivity index (χ1v) is 4.91. The van der Waals surface area contributed by atoms with Gasteiger partial charge in [-0.25, -0.2) is 0 Å². The van der Waals surface area contributed by atoms with Gasteiger partial charge in [-0.05, 0) is 23.2 Å². The van der Waals surface area contributed by atoms with E-state index in [0.29, 0.717) is 6.54 Å². The Morgan fingerprint density at radius 2 is 2.00 bits per heavy atom. The van der Waals surface area contributed by atoms with E-state index < -0.39 is 0 Å². The molecule has 0 unspecified atom stereocenters. The van der Waals surface area contributed by atoms with E-state index in [1.54, 1.807) is 6.20 Å². The van der Waals surface area contributed by atoms with Gasteiger partial charge in [-0.1, -0.05) is 35.4 Å². The summed E-state index contributed by atoms with van der Waals surface area (Å²) in [5, 5.41) is 3.53. The molecule has 0 fully saturated rings. The molecule has 78 valence electrons. The summed E-state index contributed by atoms with van der Waals surface area (Å²) >= 11 is 0. The zero-order valence-corrected chi connectivity index (χ0v) is 8.61. The van der Waals surface area contributed by atoms with E-state index in [-0.39, 0.29) is 0 Å². The third kappa shape index (κ3) is 2.38. The fraction of sp³-hybridized carbons (Fsp3) is 0.0833. The topological polar surface area (TPSA) is 61.7 Å². The molecule has 16 heavy (non-hydrogen) atoms. The van der Waals surface area contributed by atoms with E-state index >= 15 is 0 Å². The average molecular weight is 210 g/mol. The second-order valence-corrected chi connectivity index (χ2v) is 3.30. The lowest BCUT2D eigenvalue weighted by Crippen LogP contribution is -1.86. The van der Waals surface area contributed by atoms with Crippen LogP contribution in [0.5, 0.6) is 0 Å². The molecule has 2 aromatic rings. The van der Waals surface area contributed by atoms with Crippen LogP contribution in [0.4, 0.5) is 0 Å². The second-order valence-electron chi connectivity index (χ2n) is 3.30. The van der Waals surface area contributed by atoms with Crippen molar-refractivity contribution in [1.82, 2.24) is 4.98 Å². The highest BCUT2D eigenvalue weighted by molar-refractivity contribution is 5.59. The Morgan fingerprint density at radius 1 is 1.19 bits per heavy atom. The van der Waals surface area contributed by atoms with Gasteiger partial charge in [-0.3, -0.25) is 4.98 Å². The molecule has 0 aliphatic rings. The minimum atomic E-state index is 0.360. The number of hydrogen-bond donors (Lipinski definition) is 0. The molecular formula is C12H10N4. The Morgan fingerprint density at radius 3 is 2.75 bits per heavy atom. The number of hydrogen-bond acceptors (Lipinski definition) is 2. The maximum absolute atomic E-state index is 8.26. The normalized spacial score (nSPS) is 9.50. The zero-order valence-electron chi connectivity index (χ0n) is 8.61. The van der Waals surface area contributed by atoms with Crippen LogP contribution >= 0.6 is 0 Å². The highest BCUT2D eigenvalue weighted by Crippen LogP contribution is 2.17. The van der Waals surface area contributed by atoms with E-state index in [9.17, 15) is 0 Å². The molecule has 2 rings (SSSR count).